The van der Waals surface area contributed by atoms with Gasteiger partial charge in [-0.2, -0.15) is 13.2 Å². The van der Waals surface area contributed by atoms with Gasteiger partial charge in [-0.05, 0) is 72.6 Å². The number of nitrogens with one attached hydrogen (secondary N) is 1. The third kappa shape index (κ3) is 4.20. The topological polar surface area (TPSA) is 99.6 Å². The van der Waals surface area contributed by atoms with E-state index in [-0.39, 0.29) is 18.9 Å². The molecule has 0 bridgehead atoms. The van der Waals surface area contributed by atoms with Crippen molar-refractivity contribution in [2.75, 3.05) is 0 Å². The minimum absolute atomic E-state index is 0.0514. The number of aromatic amines is 1. The molecule has 2 aliphatic rings. The van der Waals surface area contributed by atoms with Gasteiger partial charge in [0.2, 0.25) is 0 Å². The Morgan fingerprint density at radius 1 is 1.08 bits per heavy atom. The van der Waals surface area contributed by atoms with Crippen molar-refractivity contribution >= 4 is 22.8 Å². The third-order valence-electron chi connectivity index (χ3n) is 7.64. The molecule has 0 radical (unpaired) electrons. The zero-order valence-electron chi connectivity index (χ0n) is 19.5. The van der Waals surface area contributed by atoms with E-state index in [1.807, 2.05) is 0 Å². The van der Waals surface area contributed by atoms with Gasteiger partial charge in [0.1, 0.15) is 17.8 Å². The van der Waals surface area contributed by atoms with Gasteiger partial charge in [-0.3, -0.25) is 9.59 Å². The first-order valence-electron chi connectivity index (χ1n) is 12.0. The molecule has 1 unspecified atom stereocenters. The van der Waals surface area contributed by atoms with E-state index in [1.54, 1.807) is 30.3 Å². The molecular formula is C27H26F3NO5. The summed E-state index contributed by atoms with van der Waals surface area (Å²) in [5.74, 6) is -2.00. The fourth-order valence-corrected chi connectivity index (χ4v) is 5.87. The highest BCUT2D eigenvalue weighted by atomic mass is 19.4. The number of rotatable bonds is 7. The van der Waals surface area contributed by atoms with Gasteiger partial charge in [0.15, 0.2) is 0 Å². The molecule has 1 saturated carbocycles. The van der Waals surface area contributed by atoms with Crippen LogP contribution < -0.4 is 4.74 Å². The number of aromatic nitrogens is 1. The number of hydrogen-bond acceptors (Lipinski definition) is 3. The fraction of sp³-hybridized carbons (Fsp3) is 0.407. The molecule has 0 amide bonds. The Hall–Kier alpha value is -3.49. The van der Waals surface area contributed by atoms with Gasteiger partial charge < -0.3 is 19.9 Å². The zero-order valence-corrected chi connectivity index (χ0v) is 19.5. The lowest BCUT2D eigenvalue weighted by molar-refractivity contribution is -0.150. The summed E-state index contributed by atoms with van der Waals surface area (Å²) in [5.41, 5.74) is 0.435. The number of benzene rings is 2. The molecule has 1 aromatic heterocycles. The number of alkyl halides is 3. The first kappa shape index (κ1) is 24.2. The van der Waals surface area contributed by atoms with E-state index in [4.69, 9.17) is 4.74 Å². The molecule has 9 heteroatoms. The number of carboxylic acid groups (broad SMARTS) is 2. The first-order chi connectivity index (χ1) is 17.1. The number of ether oxygens (including phenoxy) is 1. The van der Waals surface area contributed by atoms with Crippen LogP contribution in [0.25, 0.3) is 10.9 Å². The Morgan fingerprint density at radius 3 is 2.50 bits per heavy atom. The summed E-state index contributed by atoms with van der Waals surface area (Å²) in [6, 6.07) is 9.52. The van der Waals surface area contributed by atoms with E-state index in [0.717, 1.165) is 36.6 Å². The van der Waals surface area contributed by atoms with Crippen LogP contribution in [-0.4, -0.2) is 27.1 Å². The summed E-state index contributed by atoms with van der Waals surface area (Å²) in [6.45, 7) is -0.0514. The number of halogens is 3. The fourth-order valence-electron chi connectivity index (χ4n) is 5.87. The number of hydrogen-bond donors (Lipinski definition) is 3. The maximum atomic E-state index is 13.8. The number of H-pyrrole nitrogens is 1. The molecule has 0 aliphatic heterocycles. The lowest BCUT2D eigenvalue weighted by atomic mass is 9.82. The van der Waals surface area contributed by atoms with Crippen molar-refractivity contribution in [2.24, 2.45) is 0 Å². The number of carbonyl (C=O) groups is 2. The summed E-state index contributed by atoms with van der Waals surface area (Å²) in [6.07, 6.45) is -0.954. The molecule has 1 atom stereocenters. The predicted octanol–water partition coefficient (Wildman–Crippen LogP) is 6.17. The van der Waals surface area contributed by atoms with Crippen molar-refractivity contribution in [2.45, 2.75) is 69.1 Å². The lowest BCUT2D eigenvalue weighted by Crippen LogP contribution is -2.36. The van der Waals surface area contributed by atoms with Gasteiger partial charge in [-0.1, -0.05) is 25.0 Å². The molecule has 3 N–H and O–H groups in total. The van der Waals surface area contributed by atoms with E-state index in [2.05, 4.69) is 4.98 Å². The monoisotopic (exact) mass is 501 g/mol. The number of aryl methyl sites for hydroxylation is 1. The molecular weight excluding hydrogens is 475 g/mol. The summed E-state index contributed by atoms with van der Waals surface area (Å²) in [7, 11) is 0. The number of carboxylic acids is 2. The van der Waals surface area contributed by atoms with Gasteiger partial charge in [-0.25, -0.2) is 0 Å². The minimum Gasteiger partial charge on any atom is -0.489 e. The molecule has 0 saturated heterocycles. The van der Waals surface area contributed by atoms with Crippen LogP contribution in [0.15, 0.2) is 36.4 Å². The Kier molecular flexibility index (Phi) is 5.97. The summed E-state index contributed by atoms with van der Waals surface area (Å²) >= 11 is 0. The van der Waals surface area contributed by atoms with E-state index >= 15 is 0 Å². The van der Waals surface area contributed by atoms with Crippen LogP contribution in [0.5, 0.6) is 5.75 Å². The molecule has 190 valence electrons. The lowest BCUT2D eigenvalue weighted by Gasteiger charge is -2.22. The van der Waals surface area contributed by atoms with Crippen molar-refractivity contribution in [1.29, 1.82) is 0 Å². The average Bonchev–Trinajstić information content (AvgIpc) is 3.54. The average molecular weight is 502 g/mol. The van der Waals surface area contributed by atoms with Crippen LogP contribution in [0.1, 0.15) is 72.4 Å². The molecule has 2 aliphatic carbocycles. The zero-order chi connectivity index (χ0) is 25.7. The molecule has 1 heterocycles. The first-order valence-corrected chi connectivity index (χ1v) is 12.0. The summed E-state index contributed by atoms with van der Waals surface area (Å²) in [4.78, 5) is 26.5. The molecule has 2 aromatic carbocycles. The summed E-state index contributed by atoms with van der Waals surface area (Å²) in [5, 5.41) is 19.8. The van der Waals surface area contributed by atoms with E-state index in [9.17, 15) is 33.0 Å². The molecule has 1 fully saturated rings. The second-order valence-electron chi connectivity index (χ2n) is 9.83. The number of aliphatic carboxylic acids is 2. The Labute approximate surface area is 205 Å². The van der Waals surface area contributed by atoms with Gasteiger partial charge in [0.05, 0.1) is 12.0 Å². The Balaban J connectivity index is 1.40. The van der Waals surface area contributed by atoms with Crippen molar-refractivity contribution in [3.63, 3.8) is 0 Å². The largest absolute Gasteiger partial charge is 0.489 e. The summed E-state index contributed by atoms with van der Waals surface area (Å²) < 4.78 is 47.2. The van der Waals surface area contributed by atoms with Crippen LogP contribution in [0, 0.1) is 0 Å². The molecule has 36 heavy (non-hydrogen) atoms. The smallest absolute Gasteiger partial charge is 0.416 e. The van der Waals surface area contributed by atoms with Gasteiger partial charge in [0, 0.05) is 16.6 Å². The van der Waals surface area contributed by atoms with Gasteiger partial charge in [-0.15, -0.1) is 0 Å². The molecule has 6 nitrogen and oxygen atoms in total. The Morgan fingerprint density at radius 2 is 1.83 bits per heavy atom. The Bertz CT molecular complexity index is 1340. The van der Waals surface area contributed by atoms with Crippen LogP contribution in [0.4, 0.5) is 13.2 Å². The van der Waals surface area contributed by atoms with E-state index < -0.39 is 35.5 Å². The van der Waals surface area contributed by atoms with Gasteiger partial charge >= 0.3 is 18.1 Å². The van der Waals surface area contributed by atoms with Crippen molar-refractivity contribution in [3.05, 3.63) is 64.3 Å². The van der Waals surface area contributed by atoms with Crippen LogP contribution >= 0.6 is 0 Å². The maximum absolute atomic E-state index is 13.8. The molecule has 0 spiro atoms. The van der Waals surface area contributed by atoms with Crippen molar-refractivity contribution in [3.8, 4) is 5.75 Å². The van der Waals surface area contributed by atoms with Crippen molar-refractivity contribution in [1.82, 2.24) is 4.98 Å². The third-order valence-corrected chi connectivity index (χ3v) is 7.64. The quantitative estimate of drug-likeness (QED) is 0.360. The second-order valence-corrected chi connectivity index (χ2v) is 9.83. The molecule has 3 aromatic rings. The number of fused-ring (bicyclic) bond motifs is 3. The van der Waals surface area contributed by atoms with Crippen LogP contribution in [-0.2, 0) is 34.2 Å². The highest BCUT2D eigenvalue weighted by Crippen LogP contribution is 2.45. The highest BCUT2D eigenvalue weighted by Gasteiger charge is 2.49. The second kappa shape index (κ2) is 8.87. The van der Waals surface area contributed by atoms with Crippen molar-refractivity contribution < 1.29 is 37.7 Å². The SMILES string of the molecule is O=C(O)CC1(C(=O)O)CCc2c1[nH]c1ccc(OCc3ccc(C4CCCC4)c(C(F)(F)F)c3)cc21. The minimum atomic E-state index is -4.44. The maximum Gasteiger partial charge on any atom is 0.416 e. The van der Waals surface area contributed by atoms with Gasteiger partial charge in [0.25, 0.3) is 0 Å². The van der Waals surface area contributed by atoms with E-state index in [1.165, 1.54) is 6.07 Å². The predicted molar refractivity (Wildman–Crippen MR) is 125 cm³/mol. The van der Waals surface area contributed by atoms with Crippen LogP contribution in [0.3, 0.4) is 0 Å². The molecule has 5 rings (SSSR count). The van der Waals surface area contributed by atoms with Crippen LogP contribution in [0.2, 0.25) is 0 Å². The standard InChI is InChI=1S/C27H26F3NO5/c28-27(29,30)21-11-15(5-7-18(21)16-3-1-2-4-16)14-36-17-6-8-22-20(12-17)19-9-10-26(25(34)35,13-23(32)33)24(19)31-22/h5-8,11-12,16,31H,1-4,9-10,13-14H2,(H,32,33)(H,34,35). The normalized spacial score (nSPS) is 20.1. The van der Waals surface area contributed by atoms with E-state index in [0.29, 0.717) is 34.5 Å². The highest BCUT2D eigenvalue weighted by molar-refractivity contribution is 5.94.